The first-order chi connectivity index (χ1) is 42.4. The molecule has 0 bridgehead atoms. The molecule has 0 fully saturated rings. The van der Waals surface area contributed by atoms with Gasteiger partial charge in [0.1, 0.15) is 63.7 Å². The lowest BCUT2D eigenvalue weighted by atomic mass is 9.69. The van der Waals surface area contributed by atoms with Gasteiger partial charge in [0.2, 0.25) is 11.8 Å². The van der Waals surface area contributed by atoms with Crippen molar-refractivity contribution in [1.29, 1.82) is 0 Å². The second-order valence-corrected chi connectivity index (χ2v) is 19.1. The number of amides is 2. The number of benzene rings is 6. The summed E-state index contributed by atoms with van der Waals surface area (Å²) in [7, 11) is 0. The number of rotatable bonds is 25. The number of carbonyl (C=O) groups is 2. The number of para-hydroxylation sites is 2. The average molecular weight is 1190 g/mol. The maximum atomic E-state index is 16.1. The molecule has 0 aliphatic carbocycles. The van der Waals surface area contributed by atoms with Crippen LogP contribution in [0.5, 0.6) is 46.0 Å². The Labute approximate surface area is 505 Å². The number of halogens is 6. The number of anilines is 2. The normalized spacial score (nSPS) is 13.3. The Balaban J connectivity index is 1.30. The van der Waals surface area contributed by atoms with E-state index in [0.717, 1.165) is 34.1 Å². The molecule has 2 aliphatic rings. The third-order valence-corrected chi connectivity index (χ3v) is 14.2. The van der Waals surface area contributed by atoms with Gasteiger partial charge in [-0.2, -0.15) is 26.3 Å². The van der Waals surface area contributed by atoms with Crippen LogP contribution < -0.4 is 47.7 Å². The van der Waals surface area contributed by atoms with Crippen molar-refractivity contribution in [3.63, 3.8) is 0 Å². The Kier molecular flexibility index (Phi) is 19.4. The lowest BCUT2D eigenvalue weighted by Gasteiger charge is -2.32. The van der Waals surface area contributed by atoms with E-state index in [2.05, 4.69) is 47.4 Å². The molecule has 2 heterocycles. The minimum Gasteiger partial charge on any atom is -0.477 e. The van der Waals surface area contributed by atoms with E-state index in [1.807, 2.05) is 0 Å². The van der Waals surface area contributed by atoms with Gasteiger partial charge in [0.15, 0.2) is 46.0 Å². The number of ether oxygens (including phenoxy) is 8. The maximum absolute atomic E-state index is 16.1. The van der Waals surface area contributed by atoms with E-state index in [9.17, 15) is 0 Å². The van der Waals surface area contributed by atoms with Crippen LogP contribution in [0.15, 0.2) is 109 Å². The lowest BCUT2D eigenvalue weighted by Crippen LogP contribution is -2.43. The summed E-state index contributed by atoms with van der Waals surface area (Å²) in [6, 6.07) is 23.7. The van der Waals surface area contributed by atoms with Gasteiger partial charge >= 0.3 is 12.4 Å². The molecule has 0 saturated heterocycles. The van der Waals surface area contributed by atoms with Crippen molar-refractivity contribution in [1.82, 2.24) is 0 Å². The fourth-order valence-corrected chi connectivity index (χ4v) is 10.8. The van der Waals surface area contributed by atoms with Crippen LogP contribution in [0.1, 0.15) is 57.3 Å². The largest absolute Gasteiger partial charge is 0.477 e. The van der Waals surface area contributed by atoms with Crippen LogP contribution in [0, 0.1) is 98.8 Å². The molecular formula is C70H50F6N2O10. The highest BCUT2D eigenvalue weighted by Crippen LogP contribution is 2.58. The van der Waals surface area contributed by atoms with Crippen LogP contribution in [-0.2, 0) is 32.8 Å². The zero-order valence-corrected chi connectivity index (χ0v) is 46.7. The molecule has 8 rings (SSSR count). The number of hydrogen-bond donors (Lipinski definition) is 0. The van der Waals surface area contributed by atoms with Gasteiger partial charge in [-0.15, -0.1) is 51.4 Å². The van der Waals surface area contributed by atoms with E-state index in [-0.39, 0.29) is 145 Å². The predicted molar refractivity (Wildman–Crippen MR) is 317 cm³/mol. The van der Waals surface area contributed by atoms with Crippen molar-refractivity contribution >= 4 is 23.2 Å². The van der Waals surface area contributed by atoms with Crippen LogP contribution in [0.4, 0.5) is 37.7 Å². The van der Waals surface area contributed by atoms with Crippen molar-refractivity contribution in [3.8, 4) is 145 Å². The second-order valence-electron chi connectivity index (χ2n) is 19.1. The minimum absolute atomic E-state index is 0.0264. The first kappa shape index (κ1) is 62.8. The maximum Gasteiger partial charge on any atom is 0.418 e. The number of unbranched alkanes of at least 4 members (excludes halogenated alkanes) is 1. The summed E-state index contributed by atoms with van der Waals surface area (Å²) < 4.78 is 141. The summed E-state index contributed by atoms with van der Waals surface area (Å²) >= 11 is 0. The first-order valence-electron chi connectivity index (χ1n) is 26.6. The topological polar surface area (TPSA) is 114 Å². The zero-order chi connectivity index (χ0) is 63.2. The lowest BCUT2D eigenvalue weighted by molar-refractivity contribution is -0.138. The van der Waals surface area contributed by atoms with E-state index in [4.69, 9.17) is 89.3 Å². The molecule has 6 aromatic rings. The van der Waals surface area contributed by atoms with E-state index in [0.29, 0.717) is 0 Å². The molecule has 0 radical (unpaired) electrons. The fourth-order valence-electron chi connectivity index (χ4n) is 10.8. The Morgan fingerprint density at radius 1 is 0.352 bits per heavy atom. The highest BCUT2D eigenvalue weighted by Gasteiger charge is 2.58. The molecule has 2 amide bonds. The van der Waals surface area contributed by atoms with Gasteiger partial charge in [0.05, 0.1) is 22.5 Å². The molecule has 18 heteroatoms. The Morgan fingerprint density at radius 2 is 0.591 bits per heavy atom. The fraction of sp³-hybridized carbons (Fsp3) is 0.229. The zero-order valence-electron chi connectivity index (χ0n) is 46.7. The molecule has 0 spiro atoms. The highest BCUT2D eigenvalue weighted by atomic mass is 19.4. The number of nitrogens with zero attached hydrogens (tertiary/aromatic N) is 2. The molecular weight excluding hydrogens is 1140 g/mol. The number of fused-ring (bicyclic) bond motifs is 2. The molecule has 88 heavy (non-hydrogen) atoms. The van der Waals surface area contributed by atoms with Crippen LogP contribution in [0.3, 0.4) is 0 Å². The molecule has 0 N–H and O–H groups in total. The van der Waals surface area contributed by atoms with Crippen molar-refractivity contribution < 1.29 is 73.8 Å². The van der Waals surface area contributed by atoms with Crippen molar-refractivity contribution in [2.24, 2.45) is 0 Å². The Bertz CT molecular complexity index is 3590. The van der Waals surface area contributed by atoms with Crippen LogP contribution >= 0.6 is 0 Å². The first-order valence-corrected chi connectivity index (χ1v) is 26.6. The highest BCUT2D eigenvalue weighted by molar-refractivity contribution is 6.15. The van der Waals surface area contributed by atoms with Gasteiger partial charge in [0.25, 0.3) is 0 Å². The standard InChI is InChI=1S/C70H50F6N2O10/c1-9-35-81-55-29-25-47(43-59(55)85-39-13-5)67(48-26-30-56(82-36-10-2)60(44-48)86-40-14-6)51-21-19-23-53(69(71,72)73)63(51)77(65(67)79)33-17-18-34-78-64-52(22-20-24-54(64)70(74,75)76)68(66(78)80,49-27-31-57(83-37-11-3)61(45-49)87-41-15-7)50-28-32-58(84-38-12-4)62(46-50)88-42-16-8/h1-8,19-32,43-46H,17-18,33-42H2. The SMILES string of the molecule is C#CCOc1ccc(C2(c3ccc(OCC#C)c(OCC#C)c3)C(=O)N(CCCCN3C(=O)C(c4ccc(OCC#C)c(OCC#C)c4)(c4ccc(OCC#C)c(OCC#C)c4)c4cccc(C(F)(F)F)c43)c3c(C(F)(F)F)cccc32)cc1OCC#C. The van der Waals surface area contributed by atoms with E-state index >= 15 is 35.9 Å². The number of alkyl halides is 6. The van der Waals surface area contributed by atoms with Crippen LogP contribution in [-0.4, -0.2) is 77.8 Å². The van der Waals surface area contributed by atoms with Crippen molar-refractivity contribution in [2.45, 2.75) is 36.0 Å². The van der Waals surface area contributed by atoms with Gasteiger partial charge in [0, 0.05) is 24.2 Å². The predicted octanol–water partition coefficient (Wildman–Crippen LogP) is 10.7. The second kappa shape index (κ2) is 27.2. The molecule has 2 aliphatic heterocycles. The van der Waals surface area contributed by atoms with E-state index < -0.39 is 70.6 Å². The number of hydrogen-bond acceptors (Lipinski definition) is 10. The summed E-state index contributed by atoms with van der Waals surface area (Å²) in [5.41, 5.74) is -7.98. The summed E-state index contributed by atoms with van der Waals surface area (Å²) in [5.74, 6) is 17.2. The van der Waals surface area contributed by atoms with E-state index in [1.54, 1.807) is 0 Å². The van der Waals surface area contributed by atoms with Crippen LogP contribution in [0.25, 0.3) is 0 Å². The van der Waals surface area contributed by atoms with Gasteiger partial charge in [-0.3, -0.25) is 9.59 Å². The van der Waals surface area contributed by atoms with Gasteiger partial charge in [-0.05, 0) is 95.8 Å². The average Bonchev–Trinajstić information content (AvgIpc) is 1.55. The quantitative estimate of drug-likeness (QED) is 0.0312. The third-order valence-electron chi connectivity index (χ3n) is 14.2. The van der Waals surface area contributed by atoms with E-state index in [1.165, 1.54) is 84.9 Å². The summed E-state index contributed by atoms with van der Waals surface area (Å²) in [5, 5.41) is 0. The summed E-state index contributed by atoms with van der Waals surface area (Å²) in [6.07, 6.45) is 33.8. The molecule has 0 unspecified atom stereocenters. The number of carbonyl (C=O) groups excluding carboxylic acids is 2. The van der Waals surface area contributed by atoms with Crippen molar-refractivity contribution in [2.75, 3.05) is 75.7 Å². The molecule has 0 atom stereocenters. The van der Waals surface area contributed by atoms with Gasteiger partial charge in [-0.25, -0.2) is 0 Å². The van der Waals surface area contributed by atoms with Gasteiger partial charge < -0.3 is 47.7 Å². The molecule has 442 valence electrons. The van der Waals surface area contributed by atoms with Crippen LogP contribution in [0.2, 0.25) is 0 Å². The minimum atomic E-state index is -5.08. The summed E-state index contributed by atoms with van der Waals surface area (Å²) in [4.78, 5) is 34.2. The Morgan fingerprint density at radius 3 is 0.818 bits per heavy atom. The summed E-state index contributed by atoms with van der Waals surface area (Å²) in [6.45, 7) is -3.19. The molecule has 0 aromatic heterocycles. The molecule has 0 saturated carbocycles. The Hall–Kier alpha value is -11.3. The number of terminal acetylenes is 8. The molecule has 6 aromatic carbocycles. The monoisotopic (exact) mass is 1190 g/mol. The van der Waals surface area contributed by atoms with Gasteiger partial charge in [-0.1, -0.05) is 95.9 Å². The van der Waals surface area contributed by atoms with Crippen molar-refractivity contribution in [3.05, 3.63) is 154 Å². The third kappa shape index (κ3) is 12.0. The molecule has 12 nitrogen and oxygen atoms in total. The smallest absolute Gasteiger partial charge is 0.418 e.